The van der Waals surface area contributed by atoms with Crippen molar-refractivity contribution < 1.29 is 19.4 Å². The third-order valence-electron chi connectivity index (χ3n) is 4.73. The molecule has 1 aromatic carbocycles. The van der Waals surface area contributed by atoms with E-state index in [4.69, 9.17) is 4.74 Å². The van der Waals surface area contributed by atoms with Crippen LogP contribution >= 0.6 is 11.3 Å². The van der Waals surface area contributed by atoms with E-state index < -0.39 is 12.0 Å². The molecule has 7 heteroatoms. The predicted molar refractivity (Wildman–Crippen MR) is 91.5 cm³/mol. The molecule has 2 unspecified atom stereocenters. The molecule has 0 bridgehead atoms. The van der Waals surface area contributed by atoms with Crippen LogP contribution < -0.4 is 0 Å². The summed E-state index contributed by atoms with van der Waals surface area (Å²) in [5.41, 5.74) is 1.99. The summed E-state index contributed by atoms with van der Waals surface area (Å²) in [7, 11) is 0. The summed E-state index contributed by atoms with van der Waals surface area (Å²) in [6.45, 7) is 1.02. The van der Waals surface area contributed by atoms with Gasteiger partial charge < -0.3 is 14.7 Å². The largest absolute Gasteiger partial charge is 0.480 e. The maximum atomic E-state index is 12.9. The van der Waals surface area contributed by atoms with E-state index in [2.05, 4.69) is 4.98 Å². The van der Waals surface area contributed by atoms with Crippen molar-refractivity contribution in [3.63, 3.8) is 0 Å². The van der Waals surface area contributed by atoms with E-state index in [0.29, 0.717) is 17.8 Å². The van der Waals surface area contributed by atoms with Crippen LogP contribution in [0.3, 0.4) is 0 Å². The molecule has 25 heavy (non-hydrogen) atoms. The highest BCUT2D eigenvalue weighted by Gasteiger charge is 2.36. The van der Waals surface area contributed by atoms with Crippen LogP contribution in [0.25, 0.3) is 0 Å². The van der Waals surface area contributed by atoms with Gasteiger partial charge in [-0.3, -0.25) is 4.79 Å². The number of ether oxygens (including phenoxy) is 1. The maximum Gasteiger partial charge on any atom is 0.326 e. The Balaban J connectivity index is 1.60. The second kappa shape index (κ2) is 6.57. The van der Waals surface area contributed by atoms with Crippen LogP contribution in [0.5, 0.6) is 0 Å². The van der Waals surface area contributed by atoms with E-state index in [1.165, 1.54) is 16.2 Å². The topological polar surface area (TPSA) is 79.7 Å². The van der Waals surface area contributed by atoms with Gasteiger partial charge in [-0.05, 0) is 24.0 Å². The minimum absolute atomic E-state index is 0.0381. The normalized spacial score (nSPS) is 22.6. The highest BCUT2D eigenvalue weighted by molar-refractivity contribution is 7.13. The van der Waals surface area contributed by atoms with Crippen molar-refractivity contribution >= 4 is 23.2 Å². The van der Waals surface area contributed by atoms with Crippen LogP contribution in [-0.4, -0.2) is 39.5 Å². The van der Waals surface area contributed by atoms with Gasteiger partial charge in [0, 0.05) is 19.6 Å². The molecule has 1 N–H and O–H groups in total. The lowest BCUT2D eigenvalue weighted by Crippen LogP contribution is -2.48. The number of hydrogen-bond donors (Lipinski definition) is 1. The molecule has 6 nitrogen and oxygen atoms in total. The Labute approximate surface area is 149 Å². The van der Waals surface area contributed by atoms with Crippen molar-refractivity contribution in [1.29, 1.82) is 0 Å². The van der Waals surface area contributed by atoms with Crippen molar-refractivity contribution in [2.45, 2.75) is 38.0 Å². The van der Waals surface area contributed by atoms with Crippen molar-refractivity contribution in [1.82, 2.24) is 9.88 Å². The minimum Gasteiger partial charge on any atom is -0.480 e. The first-order chi connectivity index (χ1) is 12.1. The maximum absolute atomic E-state index is 12.9. The van der Waals surface area contributed by atoms with Crippen molar-refractivity contribution in [2.24, 2.45) is 0 Å². The molecule has 130 valence electrons. The van der Waals surface area contributed by atoms with Crippen LogP contribution in [0.2, 0.25) is 0 Å². The van der Waals surface area contributed by atoms with Gasteiger partial charge in [-0.25, -0.2) is 9.78 Å². The van der Waals surface area contributed by atoms with Gasteiger partial charge in [0.05, 0.1) is 6.20 Å². The van der Waals surface area contributed by atoms with Crippen LogP contribution in [0.15, 0.2) is 30.5 Å². The molecule has 0 saturated carbocycles. The number of nitrogens with zero attached hydrogens (tertiary/aromatic N) is 2. The van der Waals surface area contributed by atoms with Gasteiger partial charge in [0.1, 0.15) is 22.0 Å². The summed E-state index contributed by atoms with van der Waals surface area (Å²) in [5.74, 6) is -1.25. The summed E-state index contributed by atoms with van der Waals surface area (Å²) in [5, 5.41) is 10.4. The number of aliphatic carboxylic acids is 1. The number of amides is 1. The molecule has 0 spiro atoms. The van der Waals surface area contributed by atoms with Gasteiger partial charge in [-0.2, -0.15) is 0 Å². The quantitative estimate of drug-likeness (QED) is 0.912. The number of carboxylic acids is 1. The molecule has 1 aromatic heterocycles. The lowest BCUT2D eigenvalue weighted by Gasteiger charge is -2.34. The number of fused-ring (bicyclic) bond motifs is 1. The first kappa shape index (κ1) is 16.2. The Morgan fingerprint density at radius 2 is 2.08 bits per heavy atom. The molecule has 2 aliphatic rings. The van der Waals surface area contributed by atoms with Crippen LogP contribution in [-0.2, 0) is 22.5 Å². The summed E-state index contributed by atoms with van der Waals surface area (Å²) < 4.78 is 5.61. The molecule has 2 aromatic rings. The Morgan fingerprint density at radius 1 is 1.28 bits per heavy atom. The van der Waals surface area contributed by atoms with E-state index in [9.17, 15) is 14.7 Å². The molecule has 3 heterocycles. The molecular formula is C18H18N2O4S. The Kier molecular flexibility index (Phi) is 4.27. The molecule has 0 radical (unpaired) electrons. The zero-order valence-electron chi connectivity index (χ0n) is 13.6. The average Bonchev–Trinajstić information content (AvgIpc) is 3.31. The Morgan fingerprint density at radius 3 is 2.80 bits per heavy atom. The number of rotatable bonds is 3. The van der Waals surface area contributed by atoms with Crippen LogP contribution in [0.4, 0.5) is 0 Å². The van der Waals surface area contributed by atoms with E-state index in [1.54, 1.807) is 6.20 Å². The smallest absolute Gasteiger partial charge is 0.326 e. The van der Waals surface area contributed by atoms with Crippen LogP contribution in [0, 0.1) is 0 Å². The molecule has 4 rings (SSSR count). The molecule has 1 fully saturated rings. The second-order valence-electron chi connectivity index (χ2n) is 6.32. The number of thiazole rings is 1. The summed E-state index contributed by atoms with van der Waals surface area (Å²) in [6.07, 6.45) is 3.75. The number of aromatic nitrogens is 1. The fraction of sp³-hybridized carbons (Fsp3) is 0.389. The number of carbonyl (C=O) groups excluding carboxylic acids is 1. The third kappa shape index (κ3) is 3.05. The average molecular weight is 358 g/mol. The molecule has 1 saturated heterocycles. The highest BCUT2D eigenvalue weighted by atomic mass is 32.1. The first-order valence-corrected chi connectivity index (χ1v) is 9.13. The monoisotopic (exact) mass is 358 g/mol. The fourth-order valence-electron chi connectivity index (χ4n) is 3.41. The van der Waals surface area contributed by atoms with Gasteiger partial charge in [-0.15, -0.1) is 11.3 Å². The summed E-state index contributed by atoms with van der Waals surface area (Å²) in [4.78, 5) is 30.9. The van der Waals surface area contributed by atoms with Crippen molar-refractivity contribution in [2.75, 3.05) is 6.61 Å². The van der Waals surface area contributed by atoms with Gasteiger partial charge in [0.15, 0.2) is 0 Å². The number of benzene rings is 1. The van der Waals surface area contributed by atoms with E-state index >= 15 is 0 Å². The minimum atomic E-state index is -0.980. The van der Waals surface area contributed by atoms with Crippen molar-refractivity contribution in [3.8, 4) is 0 Å². The van der Waals surface area contributed by atoms with Crippen molar-refractivity contribution in [3.05, 3.63) is 51.5 Å². The molecule has 2 aliphatic heterocycles. The Hall–Kier alpha value is -2.25. The fourth-order valence-corrected chi connectivity index (χ4v) is 4.36. The van der Waals surface area contributed by atoms with Crippen LogP contribution in [0.1, 0.15) is 44.8 Å². The van der Waals surface area contributed by atoms with Gasteiger partial charge >= 0.3 is 5.97 Å². The lowest BCUT2D eigenvalue weighted by molar-refractivity contribution is -0.142. The Bertz CT molecular complexity index is 813. The summed E-state index contributed by atoms with van der Waals surface area (Å²) >= 11 is 1.31. The highest BCUT2D eigenvalue weighted by Crippen LogP contribution is 2.33. The number of carbonyl (C=O) groups is 2. The van der Waals surface area contributed by atoms with E-state index in [1.807, 2.05) is 24.3 Å². The van der Waals surface area contributed by atoms with Gasteiger partial charge in [-0.1, -0.05) is 24.3 Å². The summed E-state index contributed by atoms with van der Waals surface area (Å²) in [6, 6.07) is 6.82. The number of hydrogen-bond acceptors (Lipinski definition) is 5. The van der Waals surface area contributed by atoms with Gasteiger partial charge in [0.2, 0.25) is 0 Å². The SMILES string of the molecule is O=C(O)C1Cc2ccccc2CN1C(=O)c1cnc(C2CCCO2)s1. The standard InChI is InChI=1S/C18H18N2O4S/c21-17(15-9-19-16(25-15)14-6-3-7-24-14)20-10-12-5-2-1-4-11(12)8-13(20)18(22)23/h1-2,4-5,9,13-14H,3,6-8,10H2,(H,22,23). The zero-order valence-corrected chi connectivity index (χ0v) is 14.4. The zero-order chi connectivity index (χ0) is 17.4. The lowest BCUT2D eigenvalue weighted by atomic mass is 9.94. The second-order valence-corrected chi connectivity index (χ2v) is 7.39. The molecule has 1 amide bonds. The first-order valence-electron chi connectivity index (χ1n) is 8.31. The van der Waals surface area contributed by atoms with Gasteiger partial charge in [0.25, 0.3) is 5.91 Å². The van der Waals surface area contributed by atoms with E-state index in [0.717, 1.165) is 35.6 Å². The van der Waals surface area contributed by atoms with E-state index in [-0.39, 0.29) is 12.0 Å². The molecule has 2 atom stereocenters. The number of carboxylic acid groups (broad SMARTS) is 1. The molecular weight excluding hydrogens is 340 g/mol. The third-order valence-corrected chi connectivity index (χ3v) is 5.81. The molecule has 0 aliphatic carbocycles. The predicted octanol–water partition coefficient (Wildman–Crippen LogP) is 2.65.